The number of nitrogens with zero attached hydrogens (tertiary/aromatic N) is 2. The van der Waals surface area contributed by atoms with Gasteiger partial charge in [0, 0.05) is 24.8 Å². The molecule has 0 saturated heterocycles. The lowest BCUT2D eigenvalue weighted by Crippen LogP contribution is -2.35. The van der Waals surface area contributed by atoms with E-state index >= 15 is 0 Å². The summed E-state index contributed by atoms with van der Waals surface area (Å²) >= 11 is 0. The Labute approximate surface area is 123 Å². The Balaban J connectivity index is 1.72. The quantitative estimate of drug-likeness (QED) is 0.827. The van der Waals surface area contributed by atoms with E-state index in [-0.39, 0.29) is 0 Å². The Morgan fingerprint density at radius 2 is 2.05 bits per heavy atom. The molecule has 0 radical (unpaired) electrons. The molecular weight excluding hydrogens is 246 g/mol. The molecule has 1 N–H and O–H groups in total. The Kier molecular flexibility index (Phi) is 4.16. The first-order chi connectivity index (χ1) is 9.74. The molecule has 0 unspecified atom stereocenters. The fourth-order valence-corrected chi connectivity index (χ4v) is 3.68. The molecule has 0 aliphatic heterocycles. The van der Waals surface area contributed by atoms with E-state index in [2.05, 4.69) is 29.9 Å². The third kappa shape index (κ3) is 3.08. The molecule has 2 aliphatic carbocycles. The van der Waals surface area contributed by atoms with E-state index in [1.165, 1.54) is 62.9 Å². The van der Waals surface area contributed by atoms with Crippen LogP contribution < -0.4 is 5.32 Å². The summed E-state index contributed by atoms with van der Waals surface area (Å²) in [5.74, 6) is 0. The summed E-state index contributed by atoms with van der Waals surface area (Å²) in [6.45, 7) is 6.63. The van der Waals surface area contributed by atoms with Crippen molar-refractivity contribution in [1.29, 1.82) is 0 Å². The number of hydrogen-bond donors (Lipinski definition) is 1. The fraction of sp³-hybridized carbons (Fsp3) is 0.824. The molecular formula is C17H29N3. The Morgan fingerprint density at radius 1 is 1.30 bits per heavy atom. The molecule has 0 aromatic carbocycles. The summed E-state index contributed by atoms with van der Waals surface area (Å²) in [4.78, 5) is 0. The minimum absolute atomic E-state index is 0.501. The zero-order valence-corrected chi connectivity index (χ0v) is 13.1. The van der Waals surface area contributed by atoms with Crippen LogP contribution in [-0.4, -0.2) is 22.4 Å². The Morgan fingerprint density at radius 3 is 2.65 bits per heavy atom. The van der Waals surface area contributed by atoms with Gasteiger partial charge in [-0.25, -0.2) is 0 Å². The summed E-state index contributed by atoms with van der Waals surface area (Å²) in [5.41, 5.74) is 3.22. The maximum atomic E-state index is 4.72. The number of aryl methyl sites for hydroxylation is 2. The summed E-state index contributed by atoms with van der Waals surface area (Å²) in [6, 6.07) is 3.18. The third-order valence-corrected chi connectivity index (χ3v) is 5.14. The Hall–Kier alpha value is -0.830. The molecule has 3 rings (SSSR count). The smallest absolute Gasteiger partial charge is 0.0624 e. The summed E-state index contributed by atoms with van der Waals surface area (Å²) in [7, 11) is 0. The van der Waals surface area contributed by atoms with Crippen molar-refractivity contribution in [2.75, 3.05) is 6.54 Å². The highest BCUT2D eigenvalue weighted by molar-refractivity contribution is 5.13. The molecule has 3 heteroatoms. The van der Waals surface area contributed by atoms with Gasteiger partial charge in [-0.1, -0.05) is 19.8 Å². The first-order valence-corrected chi connectivity index (χ1v) is 8.54. The molecule has 0 bridgehead atoms. The van der Waals surface area contributed by atoms with Crippen molar-refractivity contribution in [3.8, 4) is 0 Å². The molecule has 3 nitrogen and oxygen atoms in total. The maximum absolute atomic E-state index is 4.72. The number of hydrogen-bond acceptors (Lipinski definition) is 2. The second kappa shape index (κ2) is 5.88. The van der Waals surface area contributed by atoms with Crippen LogP contribution in [0.5, 0.6) is 0 Å². The van der Waals surface area contributed by atoms with Gasteiger partial charge in [0.2, 0.25) is 0 Å². The predicted octanol–water partition coefficient (Wildman–Crippen LogP) is 3.32. The van der Waals surface area contributed by atoms with Crippen LogP contribution in [0.15, 0.2) is 6.07 Å². The minimum atomic E-state index is 0.501. The second-order valence-corrected chi connectivity index (χ2v) is 6.84. The maximum Gasteiger partial charge on any atom is 0.0624 e. The average Bonchev–Trinajstić information content (AvgIpc) is 3.05. The minimum Gasteiger partial charge on any atom is -0.313 e. The van der Waals surface area contributed by atoms with Gasteiger partial charge >= 0.3 is 0 Å². The van der Waals surface area contributed by atoms with Crippen LogP contribution in [0, 0.1) is 5.41 Å². The monoisotopic (exact) mass is 275 g/mol. The number of rotatable bonds is 7. The molecule has 2 aliphatic rings. The molecule has 112 valence electrons. The molecule has 1 aromatic rings. The van der Waals surface area contributed by atoms with Crippen LogP contribution >= 0.6 is 0 Å². The lowest BCUT2D eigenvalue weighted by Gasteiger charge is -2.29. The van der Waals surface area contributed by atoms with E-state index in [0.29, 0.717) is 5.41 Å². The van der Waals surface area contributed by atoms with Gasteiger partial charge < -0.3 is 5.32 Å². The van der Waals surface area contributed by atoms with Crippen molar-refractivity contribution in [1.82, 2.24) is 15.1 Å². The summed E-state index contributed by atoms with van der Waals surface area (Å²) in [5, 5.41) is 8.51. The fourth-order valence-electron chi connectivity index (χ4n) is 3.68. The van der Waals surface area contributed by atoms with Crippen molar-refractivity contribution in [3.63, 3.8) is 0 Å². The van der Waals surface area contributed by atoms with Gasteiger partial charge in [0.05, 0.1) is 5.69 Å². The zero-order chi connectivity index (χ0) is 14.0. The second-order valence-electron chi connectivity index (χ2n) is 6.84. The highest BCUT2D eigenvalue weighted by Gasteiger charge is 2.36. The molecule has 0 spiro atoms. The van der Waals surface area contributed by atoms with E-state index in [1.54, 1.807) is 0 Å². The predicted molar refractivity (Wildman–Crippen MR) is 82.9 cm³/mol. The average molecular weight is 275 g/mol. The van der Waals surface area contributed by atoms with Crippen LogP contribution in [0.1, 0.15) is 63.8 Å². The first kappa shape index (κ1) is 14.1. The topological polar surface area (TPSA) is 29.9 Å². The zero-order valence-electron chi connectivity index (χ0n) is 13.1. The van der Waals surface area contributed by atoms with E-state index in [1.807, 2.05) is 0 Å². The van der Waals surface area contributed by atoms with Crippen LogP contribution in [0.3, 0.4) is 0 Å². The van der Waals surface area contributed by atoms with Crippen molar-refractivity contribution >= 4 is 0 Å². The van der Waals surface area contributed by atoms with Crippen molar-refractivity contribution in [2.45, 2.75) is 77.8 Å². The van der Waals surface area contributed by atoms with Gasteiger partial charge in [0.1, 0.15) is 0 Å². The lowest BCUT2D eigenvalue weighted by atomic mass is 9.81. The molecule has 2 fully saturated rings. The van der Waals surface area contributed by atoms with Crippen LogP contribution in [0.25, 0.3) is 0 Å². The van der Waals surface area contributed by atoms with Crippen LogP contribution in [0.4, 0.5) is 0 Å². The van der Waals surface area contributed by atoms with E-state index < -0.39 is 0 Å². The summed E-state index contributed by atoms with van der Waals surface area (Å²) < 4.78 is 2.23. The molecule has 0 atom stereocenters. The van der Waals surface area contributed by atoms with Crippen LogP contribution in [0.2, 0.25) is 0 Å². The largest absolute Gasteiger partial charge is 0.313 e. The van der Waals surface area contributed by atoms with E-state index in [4.69, 9.17) is 5.10 Å². The number of aromatic nitrogens is 2. The van der Waals surface area contributed by atoms with E-state index in [0.717, 1.165) is 19.0 Å². The van der Waals surface area contributed by atoms with Crippen molar-refractivity contribution in [3.05, 3.63) is 17.5 Å². The normalized spacial score (nSPS) is 21.5. The molecule has 2 saturated carbocycles. The first-order valence-electron chi connectivity index (χ1n) is 8.54. The van der Waals surface area contributed by atoms with Gasteiger partial charge in [-0.2, -0.15) is 5.10 Å². The SMILES string of the molecule is CCc1cc(CC2(CNC3CC3)CCCC2)n(CC)n1. The Bertz CT molecular complexity index is 439. The van der Waals surface area contributed by atoms with Gasteiger partial charge in [0.25, 0.3) is 0 Å². The van der Waals surface area contributed by atoms with Crippen molar-refractivity contribution in [2.24, 2.45) is 5.41 Å². The molecule has 0 amide bonds. The van der Waals surface area contributed by atoms with E-state index in [9.17, 15) is 0 Å². The molecule has 20 heavy (non-hydrogen) atoms. The van der Waals surface area contributed by atoms with Crippen LogP contribution in [-0.2, 0) is 19.4 Å². The van der Waals surface area contributed by atoms with Gasteiger partial charge in [-0.3, -0.25) is 4.68 Å². The van der Waals surface area contributed by atoms with Gasteiger partial charge in [-0.15, -0.1) is 0 Å². The highest BCUT2D eigenvalue weighted by atomic mass is 15.3. The molecule has 1 heterocycles. The van der Waals surface area contributed by atoms with Gasteiger partial charge in [0.15, 0.2) is 0 Å². The van der Waals surface area contributed by atoms with Gasteiger partial charge in [-0.05, 0) is 56.9 Å². The lowest BCUT2D eigenvalue weighted by molar-refractivity contribution is 0.269. The standard InChI is InChI=1S/C17H29N3/c1-3-14-11-16(20(4-2)19-14)12-17(9-5-6-10-17)13-18-15-7-8-15/h11,15,18H,3-10,12-13H2,1-2H3. The third-order valence-electron chi connectivity index (χ3n) is 5.14. The highest BCUT2D eigenvalue weighted by Crippen LogP contribution is 2.41. The molecule has 1 aromatic heterocycles. The van der Waals surface area contributed by atoms with Crippen molar-refractivity contribution < 1.29 is 0 Å². The number of nitrogens with one attached hydrogen (secondary N) is 1. The summed E-state index contributed by atoms with van der Waals surface area (Å²) in [6.07, 6.45) is 10.7.